The number of rotatable bonds is 5. The van der Waals surface area contributed by atoms with Crippen LogP contribution in [0.1, 0.15) is 26.2 Å². The van der Waals surface area contributed by atoms with Gasteiger partial charge in [-0.3, -0.25) is 0 Å². The van der Waals surface area contributed by atoms with E-state index in [0.29, 0.717) is 0 Å². The second-order valence-corrected chi connectivity index (χ2v) is 5.06. The average molecular weight is 288 g/mol. The van der Waals surface area contributed by atoms with Crippen LogP contribution in [-0.4, -0.2) is 11.5 Å². The van der Waals surface area contributed by atoms with Crippen LogP contribution in [0.3, 0.4) is 0 Å². The van der Waals surface area contributed by atoms with Crippen molar-refractivity contribution in [2.45, 2.75) is 26.2 Å². The predicted molar refractivity (Wildman–Crippen MR) is 67.5 cm³/mol. The van der Waals surface area contributed by atoms with Crippen molar-refractivity contribution >= 4 is 36.6 Å². The Bertz CT molecular complexity index is 202. The third kappa shape index (κ3) is 6.58. The Morgan fingerprint density at radius 3 is 2.64 bits per heavy atom. The zero-order chi connectivity index (χ0) is 8.81. The van der Waals surface area contributed by atoms with Gasteiger partial charge in [-0.15, -0.1) is 24.8 Å². The minimum atomic E-state index is 0. The van der Waals surface area contributed by atoms with Gasteiger partial charge < -0.3 is 0 Å². The van der Waals surface area contributed by atoms with E-state index in [1.807, 2.05) is 0 Å². The fourth-order valence-corrected chi connectivity index (χ4v) is 2.89. The molecule has 0 spiro atoms. The summed E-state index contributed by atoms with van der Waals surface area (Å²) in [5.41, 5.74) is 1.57. The minimum absolute atomic E-state index is 0. The number of hydrogen-bond donors (Lipinski definition) is 0. The molecule has 0 atom stereocenters. The van der Waals surface area contributed by atoms with Crippen LogP contribution in [0.5, 0.6) is 0 Å². The molecule has 0 nitrogen and oxygen atoms in total. The van der Waals surface area contributed by atoms with Gasteiger partial charge in [0.25, 0.3) is 0 Å². The summed E-state index contributed by atoms with van der Waals surface area (Å²) in [7, 11) is 0. The van der Waals surface area contributed by atoms with Crippen molar-refractivity contribution in [3.8, 4) is 0 Å². The maximum absolute atomic E-state index is 2.29. The fraction of sp³-hybridized carbons (Fsp3) is 0.600. The van der Waals surface area contributed by atoms with Gasteiger partial charge in [0.2, 0.25) is 0 Å². The molecular weight excluding hydrogens is 271 g/mol. The van der Waals surface area contributed by atoms with Crippen molar-refractivity contribution in [3.63, 3.8) is 0 Å². The summed E-state index contributed by atoms with van der Waals surface area (Å²) in [6, 6.07) is 0. The third-order valence-corrected chi connectivity index (χ3v) is 3.84. The van der Waals surface area contributed by atoms with E-state index in [9.17, 15) is 0 Å². The molecule has 1 aliphatic carbocycles. The van der Waals surface area contributed by atoms with E-state index >= 15 is 0 Å². The molecule has 0 aromatic carbocycles. The quantitative estimate of drug-likeness (QED) is 0.541. The second-order valence-electron chi connectivity index (χ2n) is 3.02. The summed E-state index contributed by atoms with van der Waals surface area (Å²) in [6.07, 6.45) is 8.42. The van der Waals surface area contributed by atoms with Gasteiger partial charge in [-0.1, -0.05) is 0 Å². The Hall–Kier alpha value is 1.12. The zero-order valence-electron chi connectivity index (χ0n) is 8.41. The van der Waals surface area contributed by atoms with Gasteiger partial charge in [0.15, 0.2) is 0 Å². The van der Waals surface area contributed by atoms with Crippen molar-refractivity contribution in [1.29, 1.82) is 0 Å². The summed E-state index contributed by atoms with van der Waals surface area (Å²) in [5, 5.41) is 0. The van der Waals surface area contributed by atoms with Crippen LogP contribution in [-0.2, 0) is 20.4 Å². The van der Waals surface area contributed by atoms with Gasteiger partial charge in [0.05, 0.1) is 0 Å². The summed E-state index contributed by atoms with van der Waals surface area (Å²) < 4.78 is 1.57. The second kappa shape index (κ2) is 10.6. The summed E-state index contributed by atoms with van der Waals surface area (Å²) >= 11 is 4.32. The summed E-state index contributed by atoms with van der Waals surface area (Å²) in [4.78, 5) is 0. The Kier molecular flexibility index (Phi) is 13.3. The molecule has 0 saturated carbocycles. The number of unbranched alkanes of at least 4 members (excludes halogenated alkanes) is 1. The largest absolute Gasteiger partial charge is 0.147 e. The summed E-state index contributed by atoms with van der Waals surface area (Å²) in [6.45, 7) is 2.25. The molecule has 0 N–H and O–H groups in total. The Labute approximate surface area is 116 Å². The van der Waals surface area contributed by atoms with Gasteiger partial charge in [0.1, 0.15) is 0 Å². The third-order valence-electron chi connectivity index (χ3n) is 1.93. The van der Waals surface area contributed by atoms with Gasteiger partial charge in [-0.05, 0) is 0 Å². The molecule has 1 aliphatic rings. The molecule has 0 radical (unpaired) electrons. The van der Waals surface area contributed by atoms with E-state index in [1.54, 1.807) is 9.45 Å². The van der Waals surface area contributed by atoms with Crippen molar-refractivity contribution in [2.75, 3.05) is 11.5 Å². The van der Waals surface area contributed by atoms with Crippen LogP contribution >= 0.6 is 36.6 Å². The van der Waals surface area contributed by atoms with E-state index in [0.717, 1.165) is 0 Å². The molecule has 0 amide bonds. The molecular formula is C10H17Cl2STi. The van der Waals surface area contributed by atoms with Crippen molar-refractivity contribution in [1.82, 2.24) is 0 Å². The average Bonchev–Trinajstić information content (AvgIpc) is 2.46. The van der Waals surface area contributed by atoms with Crippen LogP contribution in [0.25, 0.3) is 0 Å². The Morgan fingerprint density at radius 2 is 2.14 bits per heavy atom. The van der Waals surface area contributed by atoms with E-state index in [1.165, 1.54) is 30.8 Å². The SMILES string of the molecule is CCCCSCC1=[C]([Ti])CC=C1.Cl.Cl. The van der Waals surface area contributed by atoms with Gasteiger partial charge in [0, 0.05) is 0 Å². The van der Waals surface area contributed by atoms with Crippen LogP contribution in [0.4, 0.5) is 0 Å². The van der Waals surface area contributed by atoms with Gasteiger partial charge >= 0.3 is 91.5 Å². The van der Waals surface area contributed by atoms with E-state index in [4.69, 9.17) is 0 Å². The molecule has 0 aromatic rings. The number of hydrogen-bond acceptors (Lipinski definition) is 1. The topological polar surface area (TPSA) is 0 Å². The molecule has 0 fully saturated rings. The maximum Gasteiger partial charge on any atom is -0.147 e. The van der Waals surface area contributed by atoms with E-state index in [2.05, 4.69) is 51.3 Å². The number of thioether (sulfide) groups is 1. The first-order valence-electron chi connectivity index (χ1n) is 4.52. The molecule has 0 aliphatic heterocycles. The Morgan fingerprint density at radius 1 is 1.43 bits per heavy atom. The molecule has 4 heteroatoms. The monoisotopic (exact) mass is 287 g/mol. The molecule has 81 valence electrons. The number of halogens is 2. The van der Waals surface area contributed by atoms with Crippen LogP contribution in [0.15, 0.2) is 21.6 Å². The van der Waals surface area contributed by atoms with E-state index < -0.39 is 0 Å². The van der Waals surface area contributed by atoms with Crippen LogP contribution in [0.2, 0.25) is 0 Å². The first kappa shape index (κ1) is 17.5. The van der Waals surface area contributed by atoms with Gasteiger partial charge in [-0.25, -0.2) is 0 Å². The molecule has 0 heterocycles. The van der Waals surface area contributed by atoms with Crippen molar-refractivity contribution in [2.24, 2.45) is 0 Å². The van der Waals surface area contributed by atoms with Crippen LogP contribution < -0.4 is 0 Å². The minimum Gasteiger partial charge on any atom is -0.147 e. The van der Waals surface area contributed by atoms with Gasteiger partial charge in [-0.2, -0.15) is 0 Å². The zero-order valence-corrected chi connectivity index (χ0v) is 12.4. The fourth-order valence-electron chi connectivity index (χ4n) is 1.11. The molecule has 1 rings (SSSR count). The normalized spacial score (nSPS) is 13.7. The predicted octanol–water partition coefficient (Wildman–Crippen LogP) is 4.12. The molecule has 0 saturated heterocycles. The standard InChI is InChI=1S/C10H15S.2ClH.Ti/c1-2-3-8-11-9-10-6-4-5-7-10;;;/h4,6H,2-3,5,8-9H2,1H3;2*1H;. The Balaban J connectivity index is 0. The maximum atomic E-state index is 2.29. The smallest absolute Gasteiger partial charge is 0.147 e. The first-order valence-corrected chi connectivity index (χ1v) is 6.46. The van der Waals surface area contributed by atoms with Crippen molar-refractivity contribution < 1.29 is 20.4 Å². The van der Waals surface area contributed by atoms with Crippen LogP contribution in [0, 0.1) is 0 Å². The summed E-state index contributed by atoms with van der Waals surface area (Å²) in [5.74, 6) is 2.55. The number of allylic oxidation sites excluding steroid dienone is 3. The first-order chi connectivity index (χ1) is 5.84. The molecule has 0 aromatic heterocycles. The van der Waals surface area contributed by atoms with Crippen molar-refractivity contribution in [3.05, 3.63) is 21.6 Å². The molecule has 0 bridgehead atoms. The molecule has 0 unspecified atom stereocenters. The van der Waals surface area contributed by atoms with E-state index in [-0.39, 0.29) is 24.8 Å². The molecule has 14 heavy (non-hydrogen) atoms.